The Morgan fingerprint density at radius 1 is 0.929 bits per heavy atom. The van der Waals surface area contributed by atoms with Gasteiger partial charge in [-0.15, -0.1) is 0 Å². The second-order valence-electron chi connectivity index (χ2n) is 2.88. The van der Waals surface area contributed by atoms with E-state index >= 15 is 0 Å². The van der Waals surface area contributed by atoms with E-state index in [0.717, 1.165) is 5.69 Å². The van der Waals surface area contributed by atoms with Crippen molar-refractivity contribution in [3.8, 4) is 0 Å². The van der Waals surface area contributed by atoms with Gasteiger partial charge in [0, 0.05) is 6.20 Å². The fraction of sp³-hybridized carbons (Fsp3) is 0. The summed E-state index contributed by atoms with van der Waals surface area (Å²) in [5.41, 5.74) is 2.09. The summed E-state index contributed by atoms with van der Waals surface area (Å²) in [6.07, 6.45) is 7.28. The number of hydrogen-bond acceptors (Lipinski definition) is 2. The molecule has 0 radical (unpaired) electrons. The highest BCUT2D eigenvalue weighted by Crippen LogP contribution is 2.04. The third-order valence-electron chi connectivity index (χ3n) is 1.85. The summed E-state index contributed by atoms with van der Waals surface area (Å²) in [5.74, 6) is 0. The molecule has 0 atom stereocenters. The van der Waals surface area contributed by atoms with Gasteiger partial charge in [0.1, 0.15) is 6.33 Å². The smallest absolute Gasteiger partial charge is 0.115 e. The fourth-order valence-corrected chi connectivity index (χ4v) is 1.15. The standard InChI is InChI=1S/C12H10N2/c1-2-4-11(5-3-1)6-7-12-8-9-13-10-14-12/h1-10H. The molecular weight excluding hydrogens is 172 g/mol. The lowest BCUT2D eigenvalue weighted by Gasteiger charge is -1.91. The Bertz CT molecular complexity index is 365. The highest BCUT2D eigenvalue weighted by Gasteiger charge is 1.85. The number of rotatable bonds is 2. The highest BCUT2D eigenvalue weighted by molar-refractivity contribution is 5.67. The summed E-state index contributed by atoms with van der Waals surface area (Å²) in [6.45, 7) is 0. The quantitative estimate of drug-likeness (QED) is 0.713. The van der Waals surface area contributed by atoms with E-state index in [1.54, 1.807) is 12.5 Å². The minimum atomic E-state index is 0.920. The van der Waals surface area contributed by atoms with E-state index in [2.05, 4.69) is 22.1 Å². The Balaban J connectivity index is 2.16. The van der Waals surface area contributed by atoms with Crippen LogP contribution in [0.1, 0.15) is 11.3 Å². The molecule has 2 heteroatoms. The van der Waals surface area contributed by atoms with Gasteiger partial charge in [0.05, 0.1) is 5.69 Å². The average molecular weight is 182 g/mol. The van der Waals surface area contributed by atoms with Crippen LogP contribution < -0.4 is 0 Å². The van der Waals surface area contributed by atoms with Crippen LogP contribution in [0.25, 0.3) is 12.2 Å². The van der Waals surface area contributed by atoms with Gasteiger partial charge < -0.3 is 0 Å². The molecule has 0 aliphatic rings. The maximum absolute atomic E-state index is 4.10. The van der Waals surface area contributed by atoms with Crippen LogP contribution in [0.15, 0.2) is 48.9 Å². The van der Waals surface area contributed by atoms with Crippen molar-refractivity contribution < 1.29 is 0 Å². The average Bonchev–Trinajstić information content (AvgIpc) is 2.29. The van der Waals surface area contributed by atoms with Gasteiger partial charge in [-0.05, 0) is 17.7 Å². The molecule has 2 aromatic rings. The van der Waals surface area contributed by atoms with Gasteiger partial charge in [-0.25, -0.2) is 9.97 Å². The Kier molecular flexibility index (Phi) is 2.67. The first-order chi connectivity index (χ1) is 6.95. The van der Waals surface area contributed by atoms with Gasteiger partial charge in [-0.1, -0.05) is 36.4 Å². The number of aromatic nitrogens is 2. The van der Waals surface area contributed by atoms with Crippen LogP contribution in [0.2, 0.25) is 0 Å². The molecule has 1 aromatic heterocycles. The predicted octanol–water partition coefficient (Wildman–Crippen LogP) is 2.65. The molecule has 0 amide bonds. The molecule has 1 aromatic carbocycles. The minimum Gasteiger partial charge on any atom is -0.245 e. The normalized spacial score (nSPS) is 10.6. The van der Waals surface area contributed by atoms with Gasteiger partial charge in [0.15, 0.2) is 0 Å². The first-order valence-corrected chi connectivity index (χ1v) is 4.44. The van der Waals surface area contributed by atoms with Crippen molar-refractivity contribution in [2.24, 2.45) is 0 Å². The summed E-state index contributed by atoms with van der Waals surface area (Å²) < 4.78 is 0. The van der Waals surface area contributed by atoms with Crippen LogP contribution in [0, 0.1) is 0 Å². The molecule has 0 fully saturated rings. The Morgan fingerprint density at radius 2 is 1.79 bits per heavy atom. The van der Waals surface area contributed by atoms with Crippen LogP contribution in [0.4, 0.5) is 0 Å². The van der Waals surface area contributed by atoms with E-state index in [1.807, 2.05) is 36.4 Å². The molecule has 0 bridgehead atoms. The molecule has 14 heavy (non-hydrogen) atoms. The fourth-order valence-electron chi connectivity index (χ4n) is 1.15. The topological polar surface area (TPSA) is 25.8 Å². The second kappa shape index (κ2) is 4.33. The zero-order chi connectivity index (χ0) is 9.64. The molecule has 0 aliphatic heterocycles. The van der Waals surface area contributed by atoms with E-state index in [-0.39, 0.29) is 0 Å². The van der Waals surface area contributed by atoms with Crippen LogP contribution in [-0.2, 0) is 0 Å². The molecule has 2 nitrogen and oxygen atoms in total. The zero-order valence-corrected chi connectivity index (χ0v) is 7.67. The summed E-state index contributed by atoms with van der Waals surface area (Å²) in [6, 6.07) is 12.0. The maximum Gasteiger partial charge on any atom is 0.115 e. The van der Waals surface area contributed by atoms with Gasteiger partial charge in [-0.2, -0.15) is 0 Å². The van der Waals surface area contributed by atoms with Crippen LogP contribution in [0.3, 0.4) is 0 Å². The first-order valence-electron chi connectivity index (χ1n) is 4.44. The number of benzene rings is 1. The Morgan fingerprint density at radius 3 is 2.50 bits per heavy atom. The molecule has 0 saturated heterocycles. The maximum atomic E-state index is 4.10. The molecule has 0 spiro atoms. The van der Waals surface area contributed by atoms with Crippen LogP contribution in [-0.4, -0.2) is 9.97 Å². The monoisotopic (exact) mass is 182 g/mol. The summed E-state index contributed by atoms with van der Waals surface area (Å²) in [5, 5.41) is 0. The molecule has 68 valence electrons. The first kappa shape index (κ1) is 8.63. The van der Waals surface area contributed by atoms with Crippen LogP contribution >= 0.6 is 0 Å². The van der Waals surface area contributed by atoms with Crippen molar-refractivity contribution in [1.29, 1.82) is 0 Å². The summed E-state index contributed by atoms with van der Waals surface area (Å²) in [7, 11) is 0. The third-order valence-corrected chi connectivity index (χ3v) is 1.85. The van der Waals surface area contributed by atoms with E-state index in [9.17, 15) is 0 Å². The van der Waals surface area contributed by atoms with Crippen molar-refractivity contribution in [2.45, 2.75) is 0 Å². The highest BCUT2D eigenvalue weighted by atomic mass is 14.8. The Hall–Kier alpha value is -1.96. The largest absolute Gasteiger partial charge is 0.245 e. The van der Waals surface area contributed by atoms with Gasteiger partial charge >= 0.3 is 0 Å². The van der Waals surface area contributed by atoms with E-state index in [1.165, 1.54) is 5.56 Å². The summed E-state index contributed by atoms with van der Waals surface area (Å²) >= 11 is 0. The summed E-state index contributed by atoms with van der Waals surface area (Å²) in [4.78, 5) is 7.95. The van der Waals surface area contributed by atoms with Crippen molar-refractivity contribution >= 4 is 12.2 Å². The number of nitrogens with zero attached hydrogens (tertiary/aromatic N) is 2. The van der Waals surface area contributed by atoms with Gasteiger partial charge in [0.25, 0.3) is 0 Å². The lowest BCUT2D eigenvalue weighted by Crippen LogP contribution is -1.79. The molecule has 2 rings (SSSR count). The molecule has 1 heterocycles. The lowest BCUT2D eigenvalue weighted by atomic mass is 10.2. The predicted molar refractivity (Wildman–Crippen MR) is 57.4 cm³/mol. The molecular formula is C12H10N2. The molecule has 0 N–H and O–H groups in total. The minimum absolute atomic E-state index is 0.920. The third kappa shape index (κ3) is 2.26. The zero-order valence-electron chi connectivity index (χ0n) is 7.67. The second-order valence-corrected chi connectivity index (χ2v) is 2.88. The van der Waals surface area contributed by atoms with E-state index in [0.29, 0.717) is 0 Å². The van der Waals surface area contributed by atoms with Crippen molar-refractivity contribution in [1.82, 2.24) is 9.97 Å². The lowest BCUT2D eigenvalue weighted by molar-refractivity contribution is 1.15. The van der Waals surface area contributed by atoms with Crippen molar-refractivity contribution in [2.75, 3.05) is 0 Å². The van der Waals surface area contributed by atoms with Gasteiger partial charge in [0.2, 0.25) is 0 Å². The van der Waals surface area contributed by atoms with Crippen molar-refractivity contribution in [3.05, 3.63) is 60.2 Å². The van der Waals surface area contributed by atoms with Crippen molar-refractivity contribution in [3.63, 3.8) is 0 Å². The van der Waals surface area contributed by atoms with Crippen LogP contribution in [0.5, 0.6) is 0 Å². The SMILES string of the molecule is C(=Cc1ccncn1)c1ccccc1. The van der Waals surface area contributed by atoms with E-state index < -0.39 is 0 Å². The van der Waals surface area contributed by atoms with Gasteiger partial charge in [-0.3, -0.25) is 0 Å². The Labute approximate surface area is 83.0 Å². The molecule has 0 saturated carbocycles. The molecule has 0 aliphatic carbocycles. The molecule has 0 unspecified atom stereocenters. The number of hydrogen-bond donors (Lipinski definition) is 0. The van der Waals surface area contributed by atoms with E-state index in [4.69, 9.17) is 0 Å².